The van der Waals surface area contributed by atoms with Crippen molar-refractivity contribution < 1.29 is 9.21 Å². The van der Waals surface area contributed by atoms with E-state index in [0.29, 0.717) is 26.6 Å². The molecule has 26 heavy (non-hydrogen) atoms. The Labute approximate surface area is 159 Å². The molecule has 1 aromatic carbocycles. The molecule has 0 fully saturated rings. The minimum absolute atomic E-state index is 0.196. The van der Waals surface area contributed by atoms with Crippen LogP contribution in [0.4, 0.5) is 0 Å². The number of hydrogen-bond donors (Lipinski definition) is 2. The number of halogens is 1. The Morgan fingerprint density at radius 3 is 2.62 bits per heavy atom. The van der Waals surface area contributed by atoms with Gasteiger partial charge in [-0.05, 0) is 24.3 Å². The zero-order chi connectivity index (χ0) is 18.7. The fourth-order valence-corrected chi connectivity index (χ4v) is 3.20. The lowest BCUT2D eigenvalue weighted by Gasteiger charge is -2.13. The van der Waals surface area contributed by atoms with Crippen molar-refractivity contribution in [3.05, 3.63) is 63.1 Å². The molecule has 0 aliphatic heterocycles. The van der Waals surface area contributed by atoms with Gasteiger partial charge in [-0.3, -0.25) is 10.2 Å². The van der Waals surface area contributed by atoms with Gasteiger partial charge in [-0.2, -0.15) is 0 Å². The summed E-state index contributed by atoms with van der Waals surface area (Å²) in [5.41, 5.74) is 2.25. The topological polar surface area (TPSA) is 82.2 Å². The maximum Gasteiger partial charge on any atom is 0.261 e. The van der Waals surface area contributed by atoms with E-state index in [-0.39, 0.29) is 12.5 Å². The van der Waals surface area contributed by atoms with Gasteiger partial charge >= 0.3 is 0 Å². The Morgan fingerprint density at radius 2 is 2.00 bits per heavy atom. The van der Waals surface area contributed by atoms with Crippen molar-refractivity contribution in [2.24, 2.45) is 0 Å². The molecule has 3 rings (SSSR count). The number of nitrogens with one attached hydrogen (secondary N) is 2. The van der Waals surface area contributed by atoms with Gasteiger partial charge in [0.05, 0.1) is 21.5 Å². The second kappa shape index (κ2) is 7.72. The molecule has 3 aromatic rings. The van der Waals surface area contributed by atoms with Gasteiger partial charge in [-0.25, -0.2) is 4.98 Å². The van der Waals surface area contributed by atoms with Crippen LogP contribution in [0.1, 0.15) is 20.9 Å². The monoisotopic (exact) mass is 388 g/mol. The lowest BCUT2D eigenvalue weighted by Crippen LogP contribution is -2.21. The lowest BCUT2D eigenvalue weighted by atomic mass is 10.1. The van der Waals surface area contributed by atoms with Crippen LogP contribution in [0, 0.1) is 5.41 Å². The van der Waals surface area contributed by atoms with Gasteiger partial charge in [0.2, 0.25) is 5.89 Å². The number of aromatic nitrogens is 1. The second-order valence-corrected chi connectivity index (χ2v) is 7.47. The van der Waals surface area contributed by atoms with Crippen LogP contribution < -0.4 is 5.32 Å². The molecule has 134 valence electrons. The van der Waals surface area contributed by atoms with Crippen LogP contribution in [0.2, 0.25) is 4.34 Å². The fraction of sp³-hybridized carbons (Fsp3) is 0.167. The maximum absolute atomic E-state index is 12.0. The molecule has 1 amide bonds. The molecular weight excluding hydrogens is 372 g/mol. The highest BCUT2D eigenvalue weighted by Gasteiger charge is 2.11. The molecule has 0 radical (unpaired) electrons. The Hall–Kier alpha value is -2.64. The molecule has 6 nitrogen and oxygen atoms in total. The van der Waals surface area contributed by atoms with Crippen LogP contribution in [0.3, 0.4) is 0 Å². The molecule has 0 aliphatic rings. The molecule has 2 heterocycles. The van der Waals surface area contributed by atoms with Crippen LogP contribution in [0.5, 0.6) is 0 Å². The average Bonchev–Trinajstić information content (AvgIpc) is 3.28. The third-order valence-electron chi connectivity index (χ3n) is 3.63. The van der Waals surface area contributed by atoms with Gasteiger partial charge < -0.3 is 14.6 Å². The van der Waals surface area contributed by atoms with Gasteiger partial charge in [0, 0.05) is 25.2 Å². The Kier molecular flexibility index (Phi) is 5.39. The smallest absolute Gasteiger partial charge is 0.261 e. The molecule has 0 saturated heterocycles. The van der Waals surface area contributed by atoms with Gasteiger partial charge in [0.15, 0.2) is 0 Å². The van der Waals surface area contributed by atoms with Crippen molar-refractivity contribution in [1.29, 1.82) is 5.41 Å². The highest BCUT2D eigenvalue weighted by molar-refractivity contribution is 7.17. The first-order valence-electron chi connectivity index (χ1n) is 7.78. The summed E-state index contributed by atoms with van der Waals surface area (Å²) < 4.78 is 6.07. The third-order valence-corrected chi connectivity index (χ3v) is 4.86. The molecule has 0 spiro atoms. The van der Waals surface area contributed by atoms with Crippen molar-refractivity contribution in [3.63, 3.8) is 0 Å². The number of oxazole rings is 1. The Balaban J connectivity index is 1.64. The van der Waals surface area contributed by atoms with E-state index in [1.54, 1.807) is 17.0 Å². The number of nitrogens with zero attached hydrogens (tertiary/aromatic N) is 2. The van der Waals surface area contributed by atoms with Gasteiger partial charge in [0.1, 0.15) is 12.1 Å². The van der Waals surface area contributed by atoms with Crippen molar-refractivity contribution >= 4 is 34.7 Å². The normalized spacial score (nSPS) is 10.6. The number of carbonyl (C=O) groups is 1. The van der Waals surface area contributed by atoms with Crippen molar-refractivity contribution in [2.75, 3.05) is 14.1 Å². The van der Waals surface area contributed by atoms with Crippen molar-refractivity contribution in [2.45, 2.75) is 6.54 Å². The summed E-state index contributed by atoms with van der Waals surface area (Å²) in [5.74, 6) is 0.704. The second-order valence-electron chi connectivity index (χ2n) is 5.75. The molecule has 0 aliphatic carbocycles. The largest absolute Gasteiger partial charge is 0.444 e. The molecule has 0 bridgehead atoms. The van der Waals surface area contributed by atoms with E-state index >= 15 is 0 Å². The van der Waals surface area contributed by atoms with E-state index < -0.39 is 0 Å². The van der Waals surface area contributed by atoms with Gasteiger partial charge in [-0.15, -0.1) is 11.3 Å². The van der Waals surface area contributed by atoms with E-state index in [0.717, 1.165) is 11.1 Å². The number of rotatable bonds is 5. The number of carbonyl (C=O) groups excluding carboxylic acids is 1. The number of amidine groups is 1. The molecule has 0 atom stereocenters. The van der Waals surface area contributed by atoms with Gasteiger partial charge in [0.25, 0.3) is 5.91 Å². The predicted octanol–water partition coefficient (Wildman–Crippen LogP) is 3.87. The summed E-state index contributed by atoms with van der Waals surface area (Å²) in [4.78, 5) is 18.7. The maximum atomic E-state index is 12.0. The van der Waals surface area contributed by atoms with Crippen LogP contribution in [-0.4, -0.2) is 35.7 Å². The quantitative estimate of drug-likeness (QED) is 0.513. The zero-order valence-corrected chi connectivity index (χ0v) is 15.8. The molecule has 0 unspecified atom stereocenters. The number of benzene rings is 1. The molecule has 2 N–H and O–H groups in total. The van der Waals surface area contributed by atoms with Crippen LogP contribution in [0.15, 0.2) is 47.1 Å². The summed E-state index contributed by atoms with van der Waals surface area (Å²) in [7, 11) is 3.66. The van der Waals surface area contributed by atoms with E-state index in [4.69, 9.17) is 21.4 Å². The number of amides is 1. The minimum atomic E-state index is -0.196. The van der Waals surface area contributed by atoms with E-state index in [2.05, 4.69) is 10.3 Å². The summed E-state index contributed by atoms with van der Waals surface area (Å²) in [6.07, 6.45) is 1.52. The molecule has 0 saturated carbocycles. The summed E-state index contributed by atoms with van der Waals surface area (Å²) >= 11 is 7.06. The Morgan fingerprint density at radius 1 is 1.27 bits per heavy atom. The van der Waals surface area contributed by atoms with Crippen LogP contribution in [-0.2, 0) is 6.54 Å². The zero-order valence-electron chi connectivity index (χ0n) is 14.2. The first-order chi connectivity index (χ1) is 12.4. The predicted molar refractivity (Wildman–Crippen MR) is 103 cm³/mol. The average molecular weight is 389 g/mol. The summed E-state index contributed by atoms with van der Waals surface area (Å²) in [6.45, 7) is 0.265. The minimum Gasteiger partial charge on any atom is -0.444 e. The summed E-state index contributed by atoms with van der Waals surface area (Å²) in [6, 6.07) is 10.8. The first-order valence-corrected chi connectivity index (χ1v) is 8.98. The fourth-order valence-electron chi connectivity index (χ4n) is 2.24. The SMILES string of the molecule is CN(C)C(=N)c1ccc(-c2nc(CNC(=O)c3ccc(Cl)s3)co2)cc1. The molecule has 8 heteroatoms. The van der Waals surface area contributed by atoms with Crippen LogP contribution >= 0.6 is 22.9 Å². The van der Waals surface area contributed by atoms with Gasteiger partial charge in [-0.1, -0.05) is 23.7 Å². The van der Waals surface area contributed by atoms with E-state index in [1.807, 2.05) is 38.4 Å². The number of thiophene rings is 1. The number of hydrogen-bond acceptors (Lipinski definition) is 5. The first kappa shape index (κ1) is 18.2. The molecular formula is C18H17ClN4O2S. The van der Waals surface area contributed by atoms with E-state index in [1.165, 1.54) is 17.6 Å². The standard InChI is InChI=1S/C18H17ClN4O2S/c1-23(2)16(20)11-3-5-12(6-4-11)18-22-13(10-25-18)9-21-17(24)14-7-8-15(19)26-14/h3-8,10,20H,9H2,1-2H3,(H,21,24). The lowest BCUT2D eigenvalue weighted by molar-refractivity contribution is 0.0954. The highest BCUT2D eigenvalue weighted by Crippen LogP contribution is 2.22. The van der Waals surface area contributed by atoms with E-state index in [9.17, 15) is 4.79 Å². The highest BCUT2D eigenvalue weighted by atomic mass is 35.5. The van der Waals surface area contributed by atoms with Crippen molar-refractivity contribution in [3.8, 4) is 11.5 Å². The van der Waals surface area contributed by atoms with Crippen LogP contribution in [0.25, 0.3) is 11.5 Å². The Bertz CT molecular complexity index is 931. The molecule has 2 aromatic heterocycles. The van der Waals surface area contributed by atoms with Crippen molar-refractivity contribution in [1.82, 2.24) is 15.2 Å². The third kappa shape index (κ3) is 4.12. The summed E-state index contributed by atoms with van der Waals surface area (Å²) in [5, 5.41) is 10.8.